The van der Waals surface area contributed by atoms with Gasteiger partial charge in [-0.1, -0.05) is 54.4 Å². The molecule has 0 radical (unpaired) electrons. The Labute approximate surface area is 204 Å². The van der Waals surface area contributed by atoms with E-state index < -0.39 is 14.5 Å². The molecule has 1 aromatic carbocycles. The Kier molecular flexibility index (Phi) is 9.08. The Morgan fingerprint density at radius 1 is 1.09 bits per heavy atom. The van der Waals surface area contributed by atoms with Crippen molar-refractivity contribution >= 4 is 32.0 Å². The molecule has 1 aromatic rings. The molecule has 0 fully saturated rings. The molecule has 1 aliphatic rings. The molecule has 1 aliphatic heterocycles. The van der Waals surface area contributed by atoms with Crippen LogP contribution in [0.25, 0.3) is 0 Å². The summed E-state index contributed by atoms with van der Waals surface area (Å²) in [4.78, 5) is 15.4. The second-order valence-corrected chi connectivity index (χ2v) is 14.7. The molecule has 1 atom stereocenters. The number of carbonyl (C=O) groups is 1. The quantitative estimate of drug-likeness (QED) is 0.241. The maximum Gasteiger partial charge on any atom is 0.229 e. The topological polar surface area (TPSA) is 67.6 Å². The number of unbranched alkanes of at least 4 members (excludes halogenated alkanes) is 2. The minimum atomic E-state index is -1.25. The predicted octanol–water partition coefficient (Wildman–Crippen LogP) is 6.56. The second-order valence-electron chi connectivity index (χ2n) is 12.3. The van der Waals surface area contributed by atoms with Crippen LogP contribution in [0.1, 0.15) is 90.3 Å². The van der Waals surface area contributed by atoms with Crippen molar-refractivity contribution in [1.29, 1.82) is 0 Å². The first-order valence-electron chi connectivity index (χ1n) is 12.8. The standard InChI is InChI=1S/C27H49N3O2Si/c1-18-20-15-17-30(21(32-33(9)10)14-12-11-13-16-26(3,4)5)24(20)23(19(2)22(18)28)29-25(31)27(6,7)8/h21,33H,11-17,28H2,1-10H3,(H,29,31). The zero-order valence-electron chi connectivity index (χ0n) is 22.9. The van der Waals surface area contributed by atoms with Crippen LogP contribution in [0, 0.1) is 24.7 Å². The molecular weight excluding hydrogens is 426 g/mol. The van der Waals surface area contributed by atoms with E-state index in [1.807, 2.05) is 27.7 Å². The average Bonchev–Trinajstić information content (AvgIpc) is 3.11. The van der Waals surface area contributed by atoms with Crippen molar-refractivity contribution in [3.63, 3.8) is 0 Å². The number of benzene rings is 1. The van der Waals surface area contributed by atoms with E-state index in [9.17, 15) is 4.79 Å². The van der Waals surface area contributed by atoms with Gasteiger partial charge in [0.15, 0.2) is 9.04 Å². The van der Waals surface area contributed by atoms with Gasteiger partial charge in [-0.3, -0.25) is 4.79 Å². The lowest BCUT2D eigenvalue weighted by atomic mass is 9.89. The van der Waals surface area contributed by atoms with Crippen LogP contribution < -0.4 is 16.0 Å². The first-order valence-corrected chi connectivity index (χ1v) is 15.6. The van der Waals surface area contributed by atoms with Crippen LogP contribution in [0.5, 0.6) is 0 Å². The molecule has 0 saturated carbocycles. The van der Waals surface area contributed by atoms with E-state index in [-0.39, 0.29) is 12.1 Å². The van der Waals surface area contributed by atoms with Crippen LogP contribution >= 0.6 is 0 Å². The summed E-state index contributed by atoms with van der Waals surface area (Å²) in [5, 5.41) is 3.24. The lowest BCUT2D eigenvalue weighted by Crippen LogP contribution is -2.39. The summed E-state index contributed by atoms with van der Waals surface area (Å²) in [7, 11) is -1.25. The monoisotopic (exact) mass is 475 g/mol. The van der Waals surface area contributed by atoms with Gasteiger partial charge < -0.3 is 20.4 Å². The molecule has 0 bridgehead atoms. The van der Waals surface area contributed by atoms with Crippen molar-refractivity contribution in [2.24, 2.45) is 10.8 Å². The van der Waals surface area contributed by atoms with Gasteiger partial charge in [0.2, 0.25) is 5.91 Å². The molecule has 0 aliphatic carbocycles. The van der Waals surface area contributed by atoms with Gasteiger partial charge in [-0.05, 0) is 74.7 Å². The highest BCUT2D eigenvalue weighted by Crippen LogP contribution is 2.45. The minimum Gasteiger partial charge on any atom is -0.401 e. The molecule has 0 aromatic heterocycles. The summed E-state index contributed by atoms with van der Waals surface area (Å²) in [5.74, 6) is 0.0146. The van der Waals surface area contributed by atoms with Gasteiger partial charge in [0.25, 0.3) is 0 Å². The fraction of sp³-hybridized carbons (Fsp3) is 0.741. The van der Waals surface area contributed by atoms with E-state index in [2.05, 4.69) is 51.0 Å². The number of amides is 1. The van der Waals surface area contributed by atoms with Crippen molar-refractivity contribution in [2.45, 2.75) is 113 Å². The molecule has 3 N–H and O–H groups in total. The van der Waals surface area contributed by atoms with E-state index in [0.29, 0.717) is 5.41 Å². The number of carbonyl (C=O) groups excluding carboxylic acids is 1. The summed E-state index contributed by atoms with van der Waals surface area (Å²) < 4.78 is 6.60. The maximum atomic E-state index is 13.0. The molecule has 188 valence electrons. The highest BCUT2D eigenvalue weighted by atomic mass is 28.3. The fourth-order valence-corrected chi connectivity index (χ4v) is 5.47. The first-order chi connectivity index (χ1) is 15.1. The lowest BCUT2D eigenvalue weighted by molar-refractivity contribution is -0.123. The van der Waals surface area contributed by atoms with Gasteiger partial charge >= 0.3 is 0 Å². The number of nitrogen functional groups attached to an aromatic ring is 1. The van der Waals surface area contributed by atoms with E-state index >= 15 is 0 Å². The van der Waals surface area contributed by atoms with Crippen LogP contribution in [0.4, 0.5) is 17.1 Å². The third-order valence-electron chi connectivity index (χ3n) is 6.62. The van der Waals surface area contributed by atoms with E-state index in [1.54, 1.807) is 0 Å². The van der Waals surface area contributed by atoms with E-state index in [1.165, 1.54) is 24.8 Å². The molecule has 1 heterocycles. The summed E-state index contributed by atoms with van der Waals surface area (Å²) >= 11 is 0. The van der Waals surface area contributed by atoms with Gasteiger partial charge in [0, 0.05) is 17.6 Å². The Morgan fingerprint density at radius 2 is 1.73 bits per heavy atom. The Balaban J connectivity index is 2.35. The van der Waals surface area contributed by atoms with Crippen LogP contribution in [-0.2, 0) is 15.6 Å². The predicted molar refractivity (Wildman–Crippen MR) is 146 cm³/mol. The molecule has 0 spiro atoms. The van der Waals surface area contributed by atoms with Crippen molar-refractivity contribution in [2.75, 3.05) is 22.5 Å². The SMILES string of the molecule is Cc1c(N)c(C)c(NC(=O)C(C)(C)C)c2c1CCN2C(CCCCCC(C)(C)C)O[SiH](C)C. The summed E-state index contributed by atoms with van der Waals surface area (Å²) in [6.07, 6.45) is 6.91. The Hall–Kier alpha value is -1.53. The average molecular weight is 476 g/mol. The number of nitrogens with two attached hydrogens (primary N) is 1. The summed E-state index contributed by atoms with van der Waals surface area (Å²) in [6.45, 7) is 22.3. The molecule has 5 nitrogen and oxygen atoms in total. The number of hydrogen-bond donors (Lipinski definition) is 2. The second kappa shape index (κ2) is 10.8. The zero-order chi connectivity index (χ0) is 25.1. The number of fused-ring (bicyclic) bond motifs is 1. The van der Waals surface area contributed by atoms with Crippen LogP contribution in [-0.4, -0.2) is 27.7 Å². The van der Waals surface area contributed by atoms with Gasteiger partial charge in [-0.2, -0.15) is 0 Å². The van der Waals surface area contributed by atoms with E-state index in [0.717, 1.165) is 54.0 Å². The lowest BCUT2D eigenvalue weighted by Gasteiger charge is -2.34. The van der Waals surface area contributed by atoms with Crippen molar-refractivity contribution in [3.05, 3.63) is 16.7 Å². The number of hydrogen-bond acceptors (Lipinski definition) is 4. The number of nitrogens with zero attached hydrogens (tertiary/aromatic N) is 1. The van der Waals surface area contributed by atoms with Crippen molar-refractivity contribution in [3.8, 4) is 0 Å². The Bertz CT molecular complexity index is 837. The zero-order valence-corrected chi connectivity index (χ0v) is 24.1. The van der Waals surface area contributed by atoms with Gasteiger partial charge in [0.05, 0.1) is 11.4 Å². The number of rotatable bonds is 9. The number of anilines is 3. The van der Waals surface area contributed by atoms with Gasteiger partial charge in [-0.25, -0.2) is 0 Å². The highest BCUT2D eigenvalue weighted by molar-refractivity contribution is 6.48. The fourth-order valence-electron chi connectivity index (χ4n) is 4.56. The summed E-state index contributed by atoms with van der Waals surface area (Å²) in [5.41, 5.74) is 12.6. The molecule has 33 heavy (non-hydrogen) atoms. The molecule has 0 saturated heterocycles. The third-order valence-corrected chi connectivity index (χ3v) is 7.48. The van der Waals surface area contributed by atoms with Crippen LogP contribution in [0.3, 0.4) is 0 Å². The third kappa shape index (κ3) is 7.22. The maximum absolute atomic E-state index is 13.0. The number of nitrogens with one attached hydrogen (secondary N) is 1. The molecule has 6 heteroatoms. The summed E-state index contributed by atoms with van der Waals surface area (Å²) in [6, 6.07) is 0. The van der Waals surface area contributed by atoms with Gasteiger partial charge in [-0.15, -0.1) is 0 Å². The van der Waals surface area contributed by atoms with Crippen molar-refractivity contribution in [1.82, 2.24) is 0 Å². The van der Waals surface area contributed by atoms with Crippen molar-refractivity contribution < 1.29 is 9.22 Å². The highest BCUT2D eigenvalue weighted by Gasteiger charge is 2.34. The molecular formula is C27H49N3O2Si. The van der Waals surface area contributed by atoms with E-state index in [4.69, 9.17) is 10.2 Å². The smallest absolute Gasteiger partial charge is 0.229 e. The normalized spacial score (nSPS) is 15.2. The molecule has 2 rings (SSSR count). The Morgan fingerprint density at radius 3 is 2.27 bits per heavy atom. The molecule has 1 amide bonds. The minimum absolute atomic E-state index is 0.0146. The van der Waals surface area contributed by atoms with Gasteiger partial charge in [0.1, 0.15) is 6.23 Å². The van der Waals surface area contributed by atoms with Crippen LogP contribution in [0.15, 0.2) is 0 Å². The van der Waals surface area contributed by atoms with Crippen LogP contribution in [0.2, 0.25) is 13.1 Å². The largest absolute Gasteiger partial charge is 0.401 e. The molecule has 1 unspecified atom stereocenters. The first kappa shape index (κ1) is 27.7.